The van der Waals surface area contributed by atoms with E-state index in [1.54, 1.807) is 6.07 Å². The lowest BCUT2D eigenvalue weighted by Gasteiger charge is -2.13. The Morgan fingerprint density at radius 2 is 2.30 bits per heavy atom. The number of hydrogen-bond acceptors (Lipinski definition) is 6. The fraction of sp³-hybridized carbons (Fsp3) is 0.462. The molecule has 7 heteroatoms. The SMILES string of the molecule is O=[N+]([O-])c1ccc2nc(NC3CCCNCC3)oc2c1. The summed E-state index contributed by atoms with van der Waals surface area (Å²) >= 11 is 0. The Morgan fingerprint density at radius 3 is 3.15 bits per heavy atom. The summed E-state index contributed by atoms with van der Waals surface area (Å²) in [5.74, 6) is 0. The molecule has 0 radical (unpaired) electrons. The van der Waals surface area contributed by atoms with Crippen molar-refractivity contribution < 1.29 is 9.34 Å². The quantitative estimate of drug-likeness (QED) is 0.660. The van der Waals surface area contributed by atoms with Gasteiger partial charge < -0.3 is 15.1 Å². The van der Waals surface area contributed by atoms with Gasteiger partial charge in [0.15, 0.2) is 5.58 Å². The Labute approximate surface area is 115 Å². The van der Waals surface area contributed by atoms with Crippen LogP contribution in [-0.2, 0) is 0 Å². The number of benzene rings is 1. The number of non-ortho nitro benzene ring substituents is 1. The highest BCUT2D eigenvalue weighted by Gasteiger charge is 2.16. The molecule has 106 valence electrons. The normalized spacial score (nSPS) is 19.7. The number of aromatic nitrogens is 1. The lowest BCUT2D eigenvalue weighted by molar-refractivity contribution is -0.384. The van der Waals surface area contributed by atoms with Gasteiger partial charge in [-0.1, -0.05) is 0 Å². The van der Waals surface area contributed by atoms with E-state index in [2.05, 4.69) is 15.6 Å². The molecule has 1 saturated heterocycles. The molecule has 1 atom stereocenters. The van der Waals surface area contributed by atoms with Crippen molar-refractivity contribution in [3.63, 3.8) is 0 Å². The maximum absolute atomic E-state index is 10.7. The molecule has 2 aromatic rings. The minimum Gasteiger partial charge on any atom is -0.423 e. The summed E-state index contributed by atoms with van der Waals surface area (Å²) in [5.41, 5.74) is 1.08. The maximum Gasteiger partial charge on any atom is 0.295 e. The van der Waals surface area contributed by atoms with Crippen molar-refractivity contribution in [3.05, 3.63) is 28.3 Å². The van der Waals surface area contributed by atoms with E-state index in [9.17, 15) is 10.1 Å². The van der Waals surface area contributed by atoms with Gasteiger partial charge in [0.25, 0.3) is 11.7 Å². The highest BCUT2D eigenvalue weighted by molar-refractivity contribution is 5.77. The molecule has 1 aliphatic rings. The predicted octanol–water partition coefficient (Wildman–Crippen LogP) is 2.29. The maximum atomic E-state index is 10.7. The van der Waals surface area contributed by atoms with Crippen molar-refractivity contribution >= 4 is 22.8 Å². The van der Waals surface area contributed by atoms with Crippen molar-refractivity contribution in [2.45, 2.75) is 25.3 Å². The molecule has 2 heterocycles. The third-order valence-electron chi connectivity index (χ3n) is 3.49. The summed E-state index contributed by atoms with van der Waals surface area (Å²) in [6.45, 7) is 2.02. The monoisotopic (exact) mass is 276 g/mol. The number of nitro groups is 1. The number of oxazole rings is 1. The van der Waals surface area contributed by atoms with Crippen LogP contribution in [0, 0.1) is 10.1 Å². The topological polar surface area (TPSA) is 93.2 Å². The zero-order chi connectivity index (χ0) is 13.9. The average Bonchev–Trinajstić information content (AvgIpc) is 2.64. The first kappa shape index (κ1) is 12.9. The minimum atomic E-state index is -0.438. The summed E-state index contributed by atoms with van der Waals surface area (Å²) in [6, 6.07) is 5.21. The van der Waals surface area contributed by atoms with Gasteiger partial charge in [0.2, 0.25) is 0 Å². The highest BCUT2D eigenvalue weighted by atomic mass is 16.6. The van der Waals surface area contributed by atoms with Crippen LogP contribution in [0.4, 0.5) is 11.7 Å². The van der Waals surface area contributed by atoms with E-state index in [1.807, 2.05) is 0 Å². The Hall–Kier alpha value is -2.15. The smallest absolute Gasteiger partial charge is 0.295 e. The zero-order valence-corrected chi connectivity index (χ0v) is 11.0. The molecule has 0 aliphatic carbocycles. The molecular weight excluding hydrogens is 260 g/mol. The van der Waals surface area contributed by atoms with Crippen molar-refractivity contribution in [1.82, 2.24) is 10.3 Å². The molecule has 1 fully saturated rings. The molecule has 0 bridgehead atoms. The number of anilines is 1. The molecule has 1 aromatic carbocycles. The van der Waals surface area contributed by atoms with Crippen LogP contribution in [0.2, 0.25) is 0 Å². The Bertz CT molecular complexity index is 617. The lowest BCUT2D eigenvalue weighted by Crippen LogP contribution is -2.21. The van der Waals surface area contributed by atoms with Crippen molar-refractivity contribution in [1.29, 1.82) is 0 Å². The number of nitrogens with zero attached hydrogens (tertiary/aromatic N) is 2. The number of hydrogen-bond donors (Lipinski definition) is 2. The molecule has 0 saturated carbocycles. The fourth-order valence-corrected chi connectivity index (χ4v) is 2.43. The van der Waals surface area contributed by atoms with Crippen LogP contribution in [0.1, 0.15) is 19.3 Å². The van der Waals surface area contributed by atoms with E-state index >= 15 is 0 Å². The van der Waals surface area contributed by atoms with Gasteiger partial charge in [-0.15, -0.1) is 0 Å². The third kappa shape index (κ3) is 2.72. The molecule has 3 rings (SSSR count). The van der Waals surface area contributed by atoms with Crippen LogP contribution < -0.4 is 10.6 Å². The lowest BCUT2D eigenvalue weighted by atomic mass is 10.1. The predicted molar refractivity (Wildman–Crippen MR) is 74.8 cm³/mol. The standard InChI is InChI=1S/C13H16N4O3/c18-17(19)10-3-4-11-12(8-10)20-13(16-11)15-9-2-1-6-14-7-5-9/h3-4,8-9,14H,1-2,5-7H2,(H,15,16). The number of rotatable bonds is 3. The van der Waals surface area contributed by atoms with Crippen LogP contribution in [0.3, 0.4) is 0 Å². The Morgan fingerprint density at radius 1 is 1.40 bits per heavy atom. The van der Waals surface area contributed by atoms with Crippen LogP contribution in [-0.4, -0.2) is 29.0 Å². The van der Waals surface area contributed by atoms with Gasteiger partial charge in [0.1, 0.15) is 5.52 Å². The van der Waals surface area contributed by atoms with Gasteiger partial charge in [0.05, 0.1) is 11.0 Å². The molecule has 1 unspecified atom stereocenters. The van der Waals surface area contributed by atoms with Gasteiger partial charge in [-0.2, -0.15) is 4.98 Å². The third-order valence-corrected chi connectivity index (χ3v) is 3.49. The molecule has 7 nitrogen and oxygen atoms in total. The Balaban J connectivity index is 1.79. The number of nitrogens with one attached hydrogen (secondary N) is 2. The van der Waals surface area contributed by atoms with Gasteiger partial charge in [-0.05, 0) is 38.4 Å². The molecular formula is C13H16N4O3. The minimum absolute atomic E-state index is 0.0128. The first-order valence-electron chi connectivity index (χ1n) is 6.74. The van der Waals surface area contributed by atoms with Gasteiger partial charge in [0, 0.05) is 12.1 Å². The van der Waals surface area contributed by atoms with E-state index in [-0.39, 0.29) is 5.69 Å². The first-order chi connectivity index (χ1) is 9.72. The van der Waals surface area contributed by atoms with Crippen LogP contribution in [0.25, 0.3) is 11.1 Å². The second kappa shape index (κ2) is 5.46. The molecule has 1 aromatic heterocycles. The van der Waals surface area contributed by atoms with E-state index in [0.717, 1.165) is 32.4 Å². The number of nitro benzene ring substituents is 1. The van der Waals surface area contributed by atoms with E-state index in [4.69, 9.17) is 4.42 Å². The van der Waals surface area contributed by atoms with E-state index in [1.165, 1.54) is 12.1 Å². The van der Waals surface area contributed by atoms with E-state index in [0.29, 0.717) is 23.2 Å². The molecule has 0 spiro atoms. The summed E-state index contributed by atoms with van der Waals surface area (Å²) in [5, 5.41) is 17.3. The van der Waals surface area contributed by atoms with Crippen LogP contribution >= 0.6 is 0 Å². The van der Waals surface area contributed by atoms with E-state index < -0.39 is 4.92 Å². The zero-order valence-electron chi connectivity index (χ0n) is 11.0. The van der Waals surface area contributed by atoms with Gasteiger partial charge in [-0.3, -0.25) is 10.1 Å². The van der Waals surface area contributed by atoms with Crippen LogP contribution in [0.15, 0.2) is 22.6 Å². The second-order valence-electron chi connectivity index (χ2n) is 4.95. The average molecular weight is 276 g/mol. The summed E-state index contributed by atoms with van der Waals surface area (Å²) in [7, 11) is 0. The fourth-order valence-electron chi connectivity index (χ4n) is 2.43. The van der Waals surface area contributed by atoms with Gasteiger partial charge in [-0.25, -0.2) is 0 Å². The van der Waals surface area contributed by atoms with Crippen LogP contribution in [0.5, 0.6) is 0 Å². The van der Waals surface area contributed by atoms with Crippen molar-refractivity contribution in [2.75, 3.05) is 18.4 Å². The van der Waals surface area contributed by atoms with Gasteiger partial charge >= 0.3 is 0 Å². The summed E-state index contributed by atoms with van der Waals surface area (Å²) in [4.78, 5) is 14.6. The molecule has 20 heavy (non-hydrogen) atoms. The molecule has 1 aliphatic heterocycles. The number of fused-ring (bicyclic) bond motifs is 1. The largest absolute Gasteiger partial charge is 0.423 e. The highest BCUT2D eigenvalue weighted by Crippen LogP contribution is 2.24. The molecule has 2 N–H and O–H groups in total. The second-order valence-corrected chi connectivity index (χ2v) is 4.95. The summed E-state index contributed by atoms with van der Waals surface area (Å²) in [6.07, 6.45) is 3.19. The molecule has 0 amide bonds. The Kier molecular flexibility index (Phi) is 3.51. The van der Waals surface area contributed by atoms with Crippen molar-refractivity contribution in [2.24, 2.45) is 0 Å². The van der Waals surface area contributed by atoms with Crippen molar-refractivity contribution in [3.8, 4) is 0 Å². The first-order valence-corrected chi connectivity index (χ1v) is 6.74. The summed E-state index contributed by atoms with van der Waals surface area (Å²) < 4.78 is 5.56.